The van der Waals surface area contributed by atoms with E-state index < -0.39 is 5.79 Å². The van der Waals surface area contributed by atoms with Crippen LogP contribution in [0.1, 0.15) is 13.3 Å². The molecule has 2 N–H and O–H groups in total. The van der Waals surface area contributed by atoms with Gasteiger partial charge in [-0.1, -0.05) is 20.1 Å². The Morgan fingerprint density at radius 3 is 1.65 bits per heavy atom. The smallest absolute Gasteiger partial charge is 0.255 e. The Kier molecular flexibility index (Phi) is 5.10. The third kappa shape index (κ3) is 3.71. The molecule has 0 heterocycles. The molecule has 0 aromatic carbocycles. The van der Waals surface area contributed by atoms with Crippen molar-refractivity contribution < 1.29 is 14.1 Å². The average molecular weight is 240 g/mol. The van der Waals surface area contributed by atoms with Crippen molar-refractivity contribution in [3.05, 3.63) is 25.3 Å². The number of nitrogens with one attached hydrogen (secondary N) is 2. The minimum Gasteiger partial charge on any atom is -0.291 e. The Morgan fingerprint density at radius 1 is 1.12 bits per heavy atom. The summed E-state index contributed by atoms with van der Waals surface area (Å²) in [6.45, 7) is 8.70. The minimum absolute atomic E-state index is 0.329. The maximum Gasteiger partial charge on any atom is 0.255 e. The molecule has 0 aromatic heterocycles. The zero-order valence-electron chi connectivity index (χ0n) is 11.0. The number of carbonyl (C=O) groups is 2. The highest BCUT2D eigenvalue weighted by Crippen LogP contribution is 2.16. The number of hydrogen-bond acceptors (Lipinski definition) is 2. The second kappa shape index (κ2) is 5.63. The summed E-state index contributed by atoms with van der Waals surface area (Å²) in [7, 11) is 5.66. The molecule has 0 atom stereocenters. The first kappa shape index (κ1) is 15.4. The lowest BCUT2D eigenvalue weighted by Gasteiger charge is -2.45. The number of amides is 2. The summed E-state index contributed by atoms with van der Waals surface area (Å²) in [5, 5.41) is 5.54. The number of quaternary nitrogens is 1. The lowest BCUT2D eigenvalue weighted by molar-refractivity contribution is -0.930. The van der Waals surface area contributed by atoms with E-state index in [1.807, 2.05) is 28.1 Å². The van der Waals surface area contributed by atoms with Crippen LogP contribution in [0.4, 0.5) is 0 Å². The largest absolute Gasteiger partial charge is 0.291 e. The molecular weight excluding hydrogens is 218 g/mol. The van der Waals surface area contributed by atoms with Gasteiger partial charge in [0.15, 0.2) is 0 Å². The summed E-state index contributed by atoms with van der Waals surface area (Å²) in [6, 6.07) is 0. The van der Waals surface area contributed by atoms with E-state index in [1.54, 1.807) is 0 Å². The van der Waals surface area contributed by atoms with Crippen LogP contribution in [0.3, 0.4) is 0 Å². The van der Waals surface area contributed by atoms with Crippen LogP contribution in [0.15, 0.2) is 25.3 Å². The zero-order chi connectivity index (χ0) is 13.7. The Balaban J connectivity index is 5.29. The molecule has 0 bridgehead atoms. The Hall–Kier alpha value is -1.62. The van der Waals surface area contributed by atoms with E-state index in [4.69, 9.17) is 0 Å². The predicted molar refractivity (Wildman–Crippen MR) is 67.7 cm³/mol. The molecule has 0 unspecified atom stereocenters. The van der Waals surface area contributed by atoms with Crippen LogP contribution in [0.25, 0.3) is 0 Å². The maximum absolute atomic E-state index is 11.5. The van der Waals surface area contributed by atoms with Crippen LogP contribution in [-0.4, -0.2) is 43.2 Å². The molecule has 0 spiro atoms. The standard InChI is InChI=1S/C12H21N3O2/c1-7-10(16)13-12(9-3,15(4,5)6)14-11(17)8-2/h7-8H,1-2,9H2,3-6H3,(H-,13,14,16,17)/p+1. The first-order chi connectivity index (χ1) is 7.72. The summed E-state index contributed by atoms with van der Waals surface area (Å²) in [6.07, 6.45) is 2.90. The van der Waals surface area contributed by atoms with Gasteiger partial charge >= 0.3 is 0 Å². The van der Waals surface area contributed by atoms with Crippen molar-refractivity contribution in [1.82, 2.24) is 10.6 Å². The SMILES string of the molecule is C=CC(=O)NC(CC)(NC(=O)C=C)[N+](C)(C)C. The van der Waals surface area contributed by atoms with E-state index in [0.717, 1.165) is 0 Å². The Morgan fingerprint density at radius 2 is 1.47 bits per heavy atom. The minimum atomic E-state index is -0.878. The van der Waals surface area contributed by atoms with E-state index in [0.29, 0.717) is 10.9 Å². The monoisotopic (exact) mass is 240 g/mol. The van der Waals surface area contributed by atoms with Crippen molar-refractivity contribution in [2.24, 2.45) is 0 Å². The van der Waals surface area contributed by atoms with Crippen molar-refractivity contribution >= 4 is 11.8 Å². The quantitative estimate of drug-likeness (QED) is 0.400. The highest BCUT2D eigenvalue weighted by atomic mass is 16.2. The molecule has 0 aromatic rings. The zero-order valence-corrected chi connectivity index (χ0v) is 11.0. The first-order valence-corrected chi connectivity index (χ1v) is 5.43. The summed E-state index contributed by atoms with van der Waals surface area (Å²) in [5.41, 5.74) is 0. The third-order valence-corrected chi connectivity index (χ3v) is 2.69. The van der Waals surface area contributed by atoms with E-state index in [1.165, 1.54) is 12.2 Å². The van der Waals surface area contributed by atoms with Crippen LogP contribution in [0, 0.1) is 0 Å². The van der Waals surface area contributed by atoms with E-state index in [-0.39, 0.29) is 11.8 Å². The van der Waals surface area contributed by atoms with Gasteiger partial charge in [-0.15, -0.1) is 0 Å². The molecule has 5 nitrogen and oxygen atoms in total. The molecule has 0 rings (SSSR count). The maximum atomic E-state index is 11.5. The van der Waals surface area contributed by atoms with Gasteiger partial charge in [-0.25, -0.2) is 0 Å². The Bertz CT molecular complexity index is 307. The molecule has 17 heavy (non-hydrogen) atoms. The predicted octanol–water partition coefficient (Wildman–Crippen LogP) is 0.361. The number of hydrogen-bond donors (Lipinski definition) is 2. The molecule has 2 amide bonds. The van der Waals surface area contributed by atoms with Crippen molar-refractivity contribution in [2.45, 2.75) is 19.1 Å². The lowest BCUT2D eigenvalue weighted by atomic mass is 10.1. The van der Waals surface area contributed by atoms with Gasteiger partial charge < -0.3 is 0 Å². The molecule has 96 valence electrons. The first-order valence-electron chi connectivity index (χ1n) is 5.43. The van der Waals surface area contributed by atoms with Crippen molar-refractivity contribution in [1.29, 1.82) is 0 Å². The van der Waals surface area contributed by atoms with Crippen LogP contribution in [-0.2, 0) is 9.59 Å². The van der Waals surface area contributed by atoms with Crippen LogP contribution in [0.2, 0.25) is 0 Å². The third-order valence-electron chi connectivity index (χ3n) is 2.69. The van der Waals surface area contributed by atoms with Gasteiger partial charge in [0.05, 0.1) is 21.1 Å². The summed E-state index contributed by atoms with van der Waals surface area (Å²) >= 11 is 0. The van der Waals surface area contributed by atoms with Crippen molar-refractivity contribution in [2.75, 3.05) is 21.1 Å². The Labute approximate surface area is 103 Å². The fourth-order valence-corrected chi connectivity index (χ4v) is 1.53. The van der Waals surface area contributed by atoms with Crippen LogP contribution in [0.5, 0.6) is 0 Å². The molecule has 0 aliphatic rings. The normalized spacial score (nSPS) is 11.5. The summed E-state index contributed by atoms with van der Waals surface area (Å²) in [4.78, 5) is 23.0. The fourth-order valence-electron chi connectivity index (χ4n) is 1.53. The second-order valence-corrected chi connectivity index (χ2v) is 4.61. The molecular formula is C12H22N3O2+. The fraction of sp³-hybridized carbons (Fsp3) is 0.500. The lowest BCUT2D eigenvalue weighted by Crippen LogP contribution is -2.74. The van der Waals surface area contributed by atoms with Crippen molar-refractivity contribution in [3.63, 3.8) is 0 Å². The van der Waals surface area contributed by atoms with Crippen molar-refractivity contribution in [3.8, 4) is 0 Å². The molecule has 0 saturated carbocycles. The van der Waals surface area contributed by atoms with Gasteiger partial charge in [-0.2, -0.15) is 0 Å². The van der Waals surface area contributed by atoms with Crippen LogP contribution >= 0.6 is 0 Å². The topological polar surface area (TPSA) is 58.2 Å². The van der Waals surface area contributed by atoms with Gasteiger partial charge in [-0.05, 0) is 12.2 Å². The van der Waals surface area contributed by atoms with E-state index in [9.17, 15) is 9.59 Å². The van der Waals surface area contributed by atoms with Crippen LogP contribution < -0.4 is 10.6 Å². The van der Waals surface area contributed by atoms with Gasteiger partial charge in [0.1, 0.15) is 0 Å². The number of nitrogens with zero attached hydrogens (tertiary/aromatic N) is 1. The van der Waals surface area contributed by atoms with E-state index in [2.05, 4.69) is 23.8 Å². The molecule has 0 aliphatic carbocycles. The average Bonchev–Trinajstić information content (AvgIpc) is 2.25. The molecule has 0 fully saturated rings. The van der Waals surface area contributed by atoms with Gasteiger partial charge in [0.25, 0.3) is 5.79 Å². The highest BCUT2D eigenvalue weighted by Gasteiger charge is 2.43. The number of carbonyl (C=O) groups excluding carboxylic acids is 2. The highest BCUT2D eigenvalue weighted by molar-refractivity contribution is 5.90. The van der Waals surface area contributed by atoms with Gasteiger partial charge in [0, 0.05) is 6.42 Å². The second-order valence-electron chi connectivity index (χ2n) is 4.61. The molecule has 0 aliphatic heterocycles. The van der Waals surface area contributed by atoms with E-state index >= 15 is 0 Å². The number of rotatable bonds is 6. The molecule has 0 radical (unpaired) electrons. The molecule has 0 saturated heterocycles. The molecule has 5 heteroatoms. The summed E-state index contributed by atoms with van der Waals surface area (Å²) in [5.74, 6) is -1.54. The van der Waals surface area contributed by atoms with Gasteiger partial charge in [0.2, 0.25) is 11.8 Å². The summed E-state index contributed by atoms with van der Waals surface area (Å²) < 4.78 is 0.350. The van der Waals surface area contributed by atoms with Gasteiger partial charge in [-0.3, -0.25) is 24.7 Å².